The summed E-state index contributed by atoms with van der Waals surface area (Å²) in [5.74, 6) is 0.0340. The highest BCUT2D eigenvalue weighted by Crippen LogP contribution is 2.09. The SMILES string of the molecule is CC(=O)c1ccc(NC(=S)Nn2cnnc2)cc1. The Morgan fingerprint density at radius 1 is 1.22 bits per heavy atom. The fourth-order valence-electron chi connectivity index (χ4n) is 1.32. The first-order chi connectivity index (χ1) is 8.65. The lowest BCUT2D eigenvalue weighted by Gasteiger charge is -2.10. The fourth-order valence-corrected chi connectivity index (χ4v) is 1.55. The molecule has 0 radical (unpaired) electrons. The van der Waals surface area contributed by atoms with Gasteiger partial charge < -0.3 is 5.32 Å². The number of aromatic nitrogens is 3. The second-order valence-corrected chi connectivity index (χ2v) is 3.98. The van der Waals surface area contributed by atoms with E-state index in [1.54, 1.807) is 24.3 Å². The topological polar surface area (TPSA) is 71.8 Å². The maximum absolute atomic E-state index is 11.1. The highest BCUT2D eigenvalue weighted by molar-refractivity contribution is 7.80. The molecule has 0 atom stereocenters. The van der Waals surface area contributed by atoms with Crippen molar-refractivity contribution in [2.45, 2.75) is 6.92 Å². The van der Waals surface area contributed by atoms with Crippen LogP contribution in [0.5, 0.6) is 0 Å². The van der Waals surface area contributed by atoms with Crippen molar-refractivity contribution in [2.24, 2.45) is 0 Å². The molecule has 0 saturated heterocycles. The molecule has 1 aromatic heterocycles. The van der Waals surface area contributed by atoms with E-state index in [1.807, 2.05) is 0 Å². The monoisotopic (exact) mass is 261 g/mol. The summed E-state index contributed by atoms with van der Waals surface area (Å²) in [6.07, 6.45) is 2.99. The predicted octanol–water partition coefficient (Wildman–Crippen LogP) is 1.42. The number of ketones is 1. The Balaban J connectivity index is 1.97. The molecule has 0 aliphatic heterocycles. The Morgan fingerprint density at radius 3 is 2.39 bits per heavy atom. The summed E-state index contributed by atoms with van der Waals surface area (Å²) in [6.45, 7) is 1.53. The zero-order valence-electron chi connectivity index (χ0n) is 9.62. The van der Waals surface area contributed by atoms with Gasteiger partial charge in [-0.2, -0.15) is 0 Å². The van der Waals surface area contributed by atoms with E-state index in [0.717, 1.165) is 5.69 Å². The van der Waals surface area contributed by atoms with Crippen molar-refractivity contribution in [3.8, 4) is 0 Å². The number of nitrogens with zero attached hydrogens (tertiary/aromatic N) is 3. The van der Waals surface area contributed by atoms with Gasteiger partial charge in [0, 0.05) is 11.3 Å². The number of Topliss-reactive ketones (excluding diaryl/α,β-unsaturated/α-hetero) is 1. The minimum atomic E-state index is 0.0340. The average molecular weight is 261 g/mol. The second-order valence-electron chi connectivity index (χ2n) is 3.57. The summed E-state index contributed by atoms with van der Waals surface area (Å²) in [5.41, 5.74) is 4.31. The molecule has 92 valence electrons. The van der Waals surface area contributed by atoms with Crippen LogP contribution < -0.4 is 10.7 Å². The van der Waals surface area contributed by atoms with Crippen molar-refractivity contribution in [1.29, 1.82) is 0 Å². The minimum Gasteiger partial charge on any atom is -0.331 e. The molecular weight excluding hydrogens is 250 g/mol. The molecule has 1 heterocycles. The molecule has 0 saturated carbocycles. The molecule has 2 rings (SSSR count). The lowest BCUT2D eigenvalue weighted by atomic mass is 10.1. The molecule has 0 aliphatic rings. The molecule has 2 N–H and O–H groups in total. The number of nitrogens with one attached hydrogen (secondary N) is 2. The van der Waals surface area contributed by atoms with Crippen molar-refractivity contribution in [1.82, 2.24) is 14.9 Å². The molecule has 7 heteroatoms. The number of benzene rings is 1. The van der Waals surface area contributed by atoms with Crippen LogP contribution in [-0.4, -0.2) is 25.8 Å². The molecule has 0 spiro atoms. The molecule has 0 bridgehead atoms. The normalized spacial score (nSPS) is 9.83. The van der Waals surface area contributed by atoms with E-state index in [9.17, 15) is 4.79 Å². The van der Waals surface area contributed by atoms with Gasteiger partial charge in [0.2, 0.25) is 0 Å². The van der Waals surface area contributed by atoms with Gasteiger partial charge in [-0.05, 0) is 43.4 Å². The van der Waals surface area contributed by atoms with E-state index < -0.39 is 0 Å². The number of hydrogen-bond acceptors (Lipinski definition) is 4. The molecule has 0 fully saturated rings. The van der Waals surface area contributed by atoms with Crippen LogP contribution in [0.15, 0.2) is 36.9 Å². The lowest BCUT2D eigenvalue weighted by molar-refractivity contribution is 0.101. The smallest absolute Gasteiger partial charge is 0.190 e. The van der Waals surface area contributed by atoms with Crippen molar-refractivity contribution < 1.29 is 4.79 Å². The van der Waals surface area contributed by atoms with Gasteiger partial charge in [0.25, 0.3) is 0 Å². The Labute approximate surface area is 109 Å². The van der Waals surface area contributed by atoms with Crippen LogP contribution in [0.3, 0.4) is 0 Å². The van der Waals surface area contributed by atoms with Crippen LogP contribution in [0.2, 0.25) is 0 Å². The standard InChI is InChI=1S/C11H11N5OS/c1-8(17)9-2-4-10(5-3-9)14-11(18)15-16-6-12-13-7-16/h2-7H,1H3,(H2,14,15,18). The van der Waals surface area contributed by atoms with E-state index in [0.29, 0.717) is 10.7 Å². The zero-order valence-corrected chi connectivity index (χ0v) is 10.4. The average Bonchev–Trinajstić information content (AvgIpc) is 2.82. The van der Waals surface area contributed by atoms with Gasteiger partial charge in [-0.25, -0.2) is 4.68 Å². The van der Waals surface area contributed by atoms with Crippen LogP contribution in [0, 0.1) is 0 Å². The molecule has 1 aromatic carbocycles. The number of carbonyl (C=O) groups is 1. The second kappa shape index (κ2) is 5.37. The van der Waals surface area contributed by atoms with Gasteiger partial charge in [0.05, 0.1) is 0 Å². The first-order valence-corrected chi connectivity index (χ1v) is 5.59. The third kappa shape index (κ3) is 3.11. The maximum Gasteiger partial charge on any atom is 0.190 e. The largest absolute Gasteiger partial charge is 0.331 e. The summed E-state index contributed by atoms with van der Waals surface area (Å²) in [7, 11) is 0. The summed E-state index contributed by atoms with van der Waals surface area (Å²) >= 11 is 5.10. The van der Waals surface area contributed by atoms with Gasteiger partial charge in [0.15, 0.2) is 10.9 Å². The minimum absolute atomic E-state index is 0.0340. The van der Waals surface area contributed by atoms with Crippen molar-refractivity contribution in [3.05, 3.63) is 42.5 Å². The summed E-state index contributed by atoms with van der Waals surface area (Å²) in [4.78, 5) is 11.1. The fraction of sp³-hybridized carbons (Fsp3) is 0.0909. The van der Waals surface area contributed by atoms with Gasteiger partial charge in [-0.1, -0.05) is 0 Å². The van der Waals surface area contributed by atoms with Crippen LogP contribution in [0.1, 0.15) is 17.3 Å². The molecule has 6 nitrogen and oxygen atoms in total. The first kappa shape index (κ1) is 12.2. The van der Waals surface area contributed by atoms with E-state index >= 15 is 0 Å². The maximum atomic E-state index is 11.1. The molecule has 0 amide bonds. The Hall–Kier alpha value is -2.28. The van der Waals surface area contributed by atoms with Gasteiger partial charge in [-0.15, -0.1) is 10.2 Å². The van der Waals surface area contributed by atoms with E-state index in [4.69, 9.17) is 12.2 Å². The Morgan fingerprint density at radius 2 is 1.83 bits per heavy atom. The summed E-state index contributed by atoms with van der Waals surface area (Å²) in [5, 5.41) is 10.7. The highest BCUT2D eigenvalue weighted by atomic mass is 32.1. The van der Waals surface area contributed by atoms with Crippen molar-refractivity contribution in [3.63, 3.8) is 0 Å². The van der Waals surface area contributed by atoms with Crippen LogP contribution in [0.4, 0.5) is 5.69 Å². The van der Waals surface area contributed by atoms with E-state index in [2.05, 4.69) is 20.9 Å². The summed E-state index contributed by atoms with van der Waals surface area (Å²) in [6, 6.07) is 7.06. The molecule has 2 aromatic rings. The van der Waals surface area contributed by atoms with E-state index in [-0.39, 0.29) is 5.78 Å². The Kier molecular flexibility index (Phi) is 3.63. The third-order valence-corrected chi connectivity index (χ3v) is 2.39. The van der Waals surface area contributed by atoms with Crippen LogP contribution in [0.25, 0.3) is 0 Å². The number of anilines is 1. The van der Waals surface area contributed by atoms with Crippen LogP contribution in [-0.2, 0) is 0 Å². The van der Waals surface area contributed by atoms with E-state index in [1.165, 1.54) is 24.3 Å². The molecule has 0 unspecified atom stereocenters. The van der Waals surface area contributed by atoms with Gasteiger partial charge in [0.1, 0.15) is 12.7 Å². The quantitative estimate of drug-likeness (QED) is 0.643. The zero-order chi connectivity index (χ0) is 13.0. The third-order valence-electron chi connectivity index (χ3n) is 2.20. The predicted molar refractivity (Wildman–Crippen MR) is 72.0 cm³/mol. The van der Waals surface area contributed by atoms with Crippen LogP contribution >= 0.6 is 12.2 Å². The Bertz CT molecular complexity index is 549. The summed E-state index contributed by atoms with van der Waals surface area (Å²) < 4.78 is 1.53. The number of carbonyl (C=O) groups excluding carboxylic acids is 1. The van der Waals surface area contributed by atoms with Crippen molar-refractivity contribution in [2.75, 3.05) is 10.7 Å². The highest BCUT2D eigenvalue weighted by Gasteiger charge is 2.01. The lowest BCUT2D eigenvalue weighted by Crippen LogP contribution is -2.26. The molecule has 0 aliphatic carbocycles. The van der Waals surface area contributed by atoms with Gasteiger partial charge >= 0.3 is 0 Å². The van der Waals surface area contributed by atoms with Crippen molar-refractivity contribution >= 4 is 28.8 Å². The molecule has 18 heavy (non-hydrogen) atoms. The first-order valence-electron chi connectivity index (χ1n) is 5.19. The number of thiocarbonyl (C=S) groups is 1. The molecular formula is C11H11N5OS. The number of rotatable bonds is 3. The number of hydrogen-bond donors (Lipinski definition) is 2. The van der Waals surface area contributed by atoms with Gasteiger partial charge in [-0.3, -0.25) is 10.2 Å².